The van der Waals surface area contributed by atoms with E-state index in [-0.39, 0.29) is 11.9 Å². The van der Waals surface area contributed by atoms with E-state index >= 15 is 0 Å². The first kappa shape index (κ1) is 19.6. The molecule has 8 heteroatoms. The quantitative estimate of drug-likeness (QED) is 0.739. The number of methoxy groups -OCH3 is 1. The summed E-state index contributed by atoms with van der Waals surface area (Å²) >= 11 is 0. The Labute approximate surface area is 170 Å². The molecule has 1 aromatic carbocycles. The van der Waals surface area contributed by atoms with Crippen molar-refractivity contribution in [3.63, 3.8) is 0 Å². The van der Waals surface area contributed by atoms with E-state index in [9.17, 15) is 4.79 Å². The van der Waals surface area contributed by atoms with Crippen LogP contribution >= 0.6 is 0 Å². The van der Waals surface area contributed by atoms with Crippen molar-refractivity contribution >= 4 is 5.91 Å². The normalized spacial score (nSPS) is 19.9. The molecule has 2 aromatic rings. The molecular weight excluding hydrogens is 372 g/mol. The predicted molar refractivity (Wildman–Crippen MR) is 106 cm³/mol. The first-order valence-electron chi connectivity index (χ1n) is 9.96. The number of carbonyl (C=O) groups excluding carboxylic acids is 1. The van der Waals surface area contributed by atoms with Crippen molar-refractivity contribution in [2.75, 3.05) is 46.5 Å². The molecule has 2 saturated heterocycles. The van der Waals surface area contributed by atoms with Crippen molar-refractivity contribution < 1.29 is 19.0 Å². The number of carbonyl (C=O) groups is 1. The summed E-state index contributed by atoms with van der Waals surface area (Å²) in [6.45, 7) is 4.15. The maximum absolute atomic E-state index is 12.9. The first-order chi connectivity index (χ1) is 14.2. The number of benzene rings is 1. The minimum Gasteiger partial charge on any atom is -0.497 e. The van der Waals surface area contributed by atoms with Crippen molar-refractivity contribution in [3.05, 3.63) is 42.4 Å². The van der Waals surface area contributed by atoms with Gasteiger partial charge in [-0.2, -0.15) is 0 Å². The summed E-state index contributed by atoms with van der Waals surface area (Å²) in [6.07, 6.45) is 5.16. The minimum atomic E-state index is -0.0598. The summed E-state index contributed by atoms with van der Waals surface area (Å²) in [5, 5.41) is 0. The summed E-state index contributed by atoms with van der Waals surface area (Å²) in [7, 11) is 1.62. The Hall–Kier alpha value is -2.71. The number of aromatic nitrogens is 2. The second kappa shape index (κ2) is 9.19. The summed E-state index contributed by atoms with van der Waals surface area (Å²) in [5.74, 6) is 1.97. The highest BCUT2D eigenvalue weighted by molar-refractivity contribution is 5.79. The molecule has 2 aliphatic rings. The molecule has 2 fully saturated rings. The summed E-state index contributed by atoms with van der Waals surface area (Å²) < 4.78 is 16.4. The molecule has 1 atom stereocenters. The largest absolute Gasteiger partial charge is 0.497 e. The maximum atomic E-state index is 12.9. The molecule has 0 radical (unpaired) electrons. The number of hydrogen-bond acceptors (Lipinski definition) is 7. The van der Waals surface area contributed by atoms with Crippen molar-refractivity contribution in [2.24, 2.45) is 0 Å². The lowest BCUT2D eigenvalue weighted by Crippen LogP contribution is -2.44. The van der Waals surface area contributed by atoms with E-state index in [1.54, 1.807) is 19.5 Å². The number of likely N-dealkylation sites (tertiary alicyclic amines) is 1. The van der Waals surface area contributed by atoms with E-state index in [2.05, 4.69) is 14.9 Å². The van der Waals surface area contributed by atoms with Crippen LogP contribution in [-0.4, -0.2) is 72.2 Å². The zero-order valence-electron chi connectivity index (χ0n) is 16.6. The Kier molecular flexibility index (Phi) is 6.21. The fourth-order valence-electron chi connectivity index (χ4n) is 3.75. The highest BCUT2D eigenvalue weighted by Gasteiger charge is 2.32. The maximum Gasteiger partial charge on any atom is 0.238 e. The number of nitrogens with zero attached hydrogens (tertiary/aromatic N) is 4. The molecule has 0 bridgehead atoms. The Morgan fingerprint density at radius 1 is 1.14 bits per heavy atom. The van der Waals surface area contributed by atoms with Gasteiger partial charge in [0.15, 0.2) is 0 Å². The predicted octanol–water partition coefficient (Wildman–Crippen LogP) is 2.27. The van der Waals surface area contributed by atoms with Crippen LogP contribution in [0.2, 0.25) is 0 Å². The van der Waals surface area contributed by atoms with Gasteiger partial charge in [0.2, 0.25) is 11.8 Å². The van der Waals surface area contributed by atoms with Gasteiger partial charge in [0.05, 0.1) is 51.0 Å². The molecule has 1 aromatic heterocycles. The summed E-state index contributed by atoms with van der Waals surface area (Å²) in [6, 6.07) is 7.24. The third kappa shape index (κ3) is 4.83. The second-order valence-electron chi connectivity index (χ2n) is 7.19. The highest BCUT2D eigenvalue weighted by Crippen LogP contribution is 2.32. The van der Waals surface area contributed by atoms with Gasteiger partial charge < -0.3 is 19.1 Å². The van der Waals surface area contributed by atoms with Crippen LogP contribution in [-0.2, 0) is 9.53 Å². The van der Waals surface area contributed by atoms with Gasteiger partial charge in [0.1, 0.15) is 11.5 Å². The lowest BCUT2D eigenvalue weighted by atomic mass is 10.1. The van der Waals surface area contributed by atoms with Crippen molar-refractivity contribution in [3.8, 4) is 17.4 Å². The summed E-state index contributed by atoms with van der Waals surface area (Å²) in [4.78, 5) is 25.9. The van der Waals surface area contributed by atoms with Crippen molar-refractivity contribution in [1.82, 2.24) is 19.8 Å². The molecule has 1 unspecified atom stereocenters. The molecule has 0 N–H and O–H groups in total. The van der Waals surface area contributed by atoms with Gasteiger partial charge in [-0.3, -0.25) is 14.7 Å². The number of morpholine rings is 1. The number of amides is 1. The molecular formula is C21H26N4O4. The fourth-order valence-corrected chi connectivity index (χ4v) is 3.75. The molecule has 0 saturated carbocycles. The lowest BCUT2D eigenvalue weighted by molar-refractivity contribution is -0.134. The van der Waals surface area contributed by atoms with Crippen LogP contribution in [0.1, 0.15) is 24.6 Å². The topological polar surface area (TPSA) is 77.0 Å². The summed E-state index contributed by atoms with van der Waals surface area (Å²) in [5.41, 5.74) is 0.767. The third-order valence-corrected chi connectivity index (χ3v) is 5.29. The van der Waals surface area contributed by atoms with Crippen molar-refractivity contribution in [2.45, 2.75) is 18.9 Å². The Morgan fingerprint density at radius 2 is 1.90 bits per heavy atom. The molecule has 1 amide bonds. The van der Waals surface area contributed by atoms with Crippen LogP contribution < -0.4 is 9.47 Å². The van der Waals surface area contributed by atoms with E-state index in [1.807, 2.05) is 29.2 Å². The average Bonchev–Trinajstić information content (AvgIpc) is 3.25. The van der Waals surface area contributed by atoms with Gasteiger partial charge in [-0.25, -0.2) is 4.98 Å². The van der Waals surface area contributed by atoms with Crippen LogP contribution in [0.4, 0.5) is 0 Å². The first-order valence-corrected chi connectivity index (χ1v) is 9.96. The van der Waals surface area contributed by atoms with Gasteiger partial charge >= 0.3 is 0 Å². The zero-order chi connectivity index (χ0) is 20.1. The number of ether oxygens (including phenoxy) is 3. The van der Waals surface area contributed by atoms with Crippen molar-refractivity contribution in [1.29, 1.82) is 0 Å². The van der Waals surface area contributed by atoms with Gasteiger partial charge in [0, 0.05) is 19.6 Å². The lowest BCUT2D eigenvalue weighted by Gasteiger charge is -2.30. The molecule has 0 aliphatic carbocycles. The molecule has 3 heterocycles. The number of hydrogen-bond donors (Lipinski definition) is 0. The van der Waals surface area contributed by atoms with Gasteiger partial charge in [-0.15, -0.1) is 0 Å². The van der Waals surface area contributed by atoms with E-state index in [1.165, 1.54) is 0 Å². The smallest absolute Gasteiger partial charge is 0.238 e. The molecule has 8 nitrogen and oxygen atoms in total. The monoisotopic (exact) mass is 398 g/mol. The van der Waals surface area contributed by atoms with E-state index < -0.39 is 0 Å². The third-order valence-electron chi connectivity index (χ3n) is 5.29. The van der Waals surface area contributed by atoms with Gasteiger partial charge in [-0.05, 0) is 37.1 Å². The molecule has 0 spiro atoms. The van der Waals surface area contributed by atoms with Crippen LogP contribution in [0.15, 0.2) is 36.7 Å². The molecule has 154 valence electrons. The highest BCUT2D eigenvalue weighted by atomic mass is 16.5. The van der Waals surface area contributed by atoms with Crippen LogP contribution in [0.3, 0.4) is 0 Å². The average molecular weight is 398 g/mol. The van der Waals surface area contributed by atoms with Gasteiger partial charge in [0.25, 0.3) is 0 Å². The molecule has 29 heavy (non-hydrogen) atoms. The van der Waals surface area contributed by atoms with E-state index in [0.29, 0.717) is 31.4 Å². The Balaban J connectivity index is 1.43. The molecule has 4 rings (SSSR count). The van der Waals surface area contributed by atoms with E-state index in [0.717, 1.165) is 43.9 Å². The Bertz CT molecular complexity index is 824. The van der Waals surface area contributed by atoms with Crippen LogP contribution in [0, 0.1) is 0 Å². The van der Waals surface area contributed by atoms with Crippen LogP contribution in [0.5, 0.6) is 17.4 Å². The minimum absolute atomic E-state index is 0.0598. The molecule has 2 aliphatic heterocycles. The number of rotatable bonds is 6. The fraction of sp³-hybridized carbons (Fsp3) is 0.476. The SMILES string of the molecule is COc1ccc(Oc2cncc(C3CCCN3C(=O)CN3CCOCC3)n2)cc1. The second-order valence-corrected chi connectivity index (χ2v) is 7.19. The van der Waals surface area contributed by atoms with E-state index in [4.69, 9.17) is 14.2 Å². The zero-order valence-corrected chi connectivity index (χ0v) is 16.6. The van der Waals surface area contributed by atoms with Gasteiger partial charge in [-0.1, -0.05) is 0 Å². The Morgan fingerprint density at radius 3 is 2.66 bits per heavy atom. The standard InChI is InChI=1S/C21H26N4O4/c1-27-16-4-6-17(7-5-16)29-20-14-22-13-18(23-20)19-3-2-8-25(19)21(26)15-24-9-11-28-12-10-24/h4-7,13-14,19H,2-3,8-12,15H2,1H3. The van der Waals surface area contributed by atoms with Crippen LogP contribution in [0.25, 0.3) is 0 Å².